The molecule has 1 amide bonds. The first-order chi connectivity index (χ1) is 7.61. The van der Waals surface area contributed by atoms with Crippen molar-refractivity contribution < 1.29 is 14.6 Å². The molecule has 0 aliphatic rings. The minimum absolute atomic E-state index is 0.0926. The molecule has 0 spiro atoms. The lowest BCUT2D eigenvalue weighted by Gasteiger charge is -2.11. The van der Waals surface area contributed by atoms with Crippen LogP contribution in [-0.2, 0) is 4.79 Å². The van der Waals surface area contributed by atoms with Crippen LogP contribution >= 0.6 is 11.6 Å². The van der Waals surface area contributed by atoms with Gasteiger partial charge in [0, 0.05) is 11.1 Å². The maximum absolute atomic E-state index is 11.3. The molecule has 0 aliphatic heterocycles. The van der Waals surface area contributed by atoms with Crippen molar-refractivity contribution in [2.45, 2.75) is 13.0 Å². The molecule has 0 bridgehead atoms. The third-order valence-electron chi connectivity index (χ3n) is 1.85. The molecule has 88 valence electrons. The average Bonchev–Trinajstić information content (AvgIpc) is 2.26. The molecule has 0 heterocycles. The van der Waals surface area contributed by atoms with E-state index >= 15 is 0 Å². The predicted molar refractivity (Wildman–Crippen MR) is 61.6 cm³/mol. The van der Waals surface area contributed by atoms with Gasteiger partial charge in [-0.2, -0.15) is 0 Å². The maximum atomic E-state index is 11.3. The van der Waals surface area contributed by atoms with Crippen LogP contribution in [0.5, 0.6) is 5.75 Å². The summed E-state index contributed by atoms with van der Waals surface area (Å²) in [6.45, 7) is 1.52. The minimum Gasteiger partial charge on any atom is -0.484 e. The van der Waals surface area contributed by atoms with Crippen LogP contribution in [0.25, 0.3) is 0 Å². The zero-order chi connectivity index (χ0) is 12.0. The van der Waals surface area contributed by atoms with Gasteiger partial charge in [0.15, 0.2) is 6.61 Å². The Morgan fingerprint density at radius 1 is 1.62 bits per heavy atom. The van der Waals surface area contributed by atoms with Gasteiger partial charge in [-0.05, 0) is 25.1 Å². The lowest BCUT2D eigenvalue weighted by Crippen LogP contribution is -2.38. The SMILES string of the molecule is C[C@@H](CO)NC(=O)COc1cccc(Cl)c1. The standard InChI is InChI=1S/C11H14ClNO3/c1-8(6-14)13-11(15)7-16-10-4-2-3-9(12)5-10/h2-5,8,14H,6-7H2,1H3,(H,13,15)/t8-/m0/s1. The van der Waals surface area contributed by atoms with Crippen LogP contribution in [0, 0.1) is 0 Å². The number of carbonyl (C=O) groups excluding carboxylic acids is 1. The monoisotopic (exact) mass is 243 g/mol. The Morgan fingerprint density at radius 3 is 3.00 bits per heavy atom. The van der Waals surface area contributed by atoms with Gasteiger partial charge in [0.1, 0.15) is 5.75 Å². The van der Waals surface area contributed by atoms with Crippen LogP contribution in [0.15, 0.2) is 24.3 Å². The Morgan fingerprint density at radius 2 is 2.38 bits per heavy atom. The minimum atomic E-state index is -0.276. The smallest absolute Gasteiger partial charge is 0.258 e. The molecule has 0 saturated heterocycles. The van der Waals surface area contributed by atoms with Gasteiger partial charge >= 0.3 is 0 Å². The van der Waals surface area contributed by atoms with E-state index in [4.69, 9.17) is 21.4 Å². The molecule has 0 aromatic heterocycles. The zero-order valence-electron chi connectivity index (χ0n) is 8.94. The molecule has 5 heteroatoms. The molecule has 0 unspecified atom stereocenters. The fraction of sp³-hybridized carbons (Fsp3) is 0.364. The van der Waals surface area contributed by atoms with Crippen molar-refractivity contribution in [2.75, 3.05) is 13.2 Å². The molecular weight excluding hydrogens is 230 g/mol. The normalized spacial score (nSPS) is 11.9. The summed E-state index contributed by atoms with van der Waals surface area (Å²) in [5.41, 5.74) is 0. The molecule has 0 aliphatic carbocycles. The molecule has 16 heavy (non-hydrogen) atoms. The van der Waals surface area contributed by atoms with Gasteiger partial charge in [-0.15, -0.1) is 0 Å². The number of aliphatic hydroxyl groups is 1. The van der Waals surface area contributed by atoms with E-state index < -0.39 is 0 Å². The summed E-state index contributed by atoms with van der Waals surface area (Å²) in [6, 6.07) is 6.54. The quantitative estimate of drug-likeness (QED) is 0.818. The first kappa shape index (κ1) is 12.8. The summed E-state index contributed by atoms with van der Waals surface area (Å²) in [4.78, 5) is 11.3. The second-order valence-electron chi connectivity index (χ2n) is 3.40. The van der Waals surface area contributed by atoms with Gasteiger partial charge in [-0.25, -0.2) is 0 Å². The first-order valence-electron chi connectivity index (χ1n) is 4.90. The first-order valence-corrected chi connectivity index (χ1v) is 5.28. The third kappa shape index (κ3) is 4.51. The fourth-order valence-electron chi connectivity index (χ4n) is 1.07. The number of hydrogen-bond acceptors (Lipinski definition) is 3. The van der Waals surface area contributed by atoms with Gasteiger partial charge in [-0.3, -0.25) is 4.79 Å². The van der Waals surface area contributed by atoms with Crippen LogP contribution in [0.2, 0.25) is 5.02 Å². The van der Waals surface area contributed by atoms with Crippen LogP contribution in [-0.4, -0.2) is 30.3 Å². The van der Waals surface area contributed by atoms with E-state index in [1.807, 2.05) is 0 Å². The van der Waals surface area contributed by atoms with Gasteiger partial charge in [0.2, 0.25) is 0 Å². The zero-order valence-corrected chi connectivity index (χ0v) is 9.70. The summed E-state index contributed by atoms with van der Waals surface area (Å²) in [7, 11) is 0. The molecule has 0 radical (unpaired) electrons. The highest BCUT2D eigenvalue weighted by molar-refractivity contribution is 6.30. The van der Waals surface area contributed by atoms with E-state index in [2.05, 4.69) is 5.32 Å². The number of hydrogen-bond donors (Lipinski definition) is 2. The molecule has 1 atom stereocenters. The Balaban J connectivity index is 2.37. The van der Waals surface area contributed by atoms with Crippen LogP contribution in [0.3, 0.4) is 0 Å². The lowest BCUT2D eigenvalue weighted by molar-refractivity contribution is -0.123. The van der Waals surface area contributed by atoms with Crippen molar-refractivity contribution in [2.24, 2.45) is 0 Å². The van der Waals surface area contributed by atoms with Crippen LogP contribution in [0.4, 0.5) is 0 Å². The number of amides is 1. The van der Waals surface area contributed by atoms with Crippen LogP contribution < -0.4 is 10.1 Å². The molecule has 1 aromatic rings. The third-order valence-corrected chi connectivity index (χ3v) is 2.08. The molecule has 1 aromatic carbocycles. The van der Waals surface area contributed by atoms with Crippen LogP contribution in [0.1, 0.15) is 6.92 Å². The van der Waals surface area contributed by atoms with E-state index in [1.165, 1.54) is 0 Å². The Hall–Kier alpha value is -1.26. The number of ether oxygens (including phenoxy) is 1. The topological polar surface area (TPSA) is 58.6 Å². The molecule has 1 rings (SSSR count). The van der Waals surface area contributed by atoms with E-state index in [-0.39, 0.29) is 25.2 Å². The summed E-state index contributed by atoms with van der Waals surface area (Å²) >= 11 is 5.75. The molecule has 2 N–H and O–H groups in total. The molecule has 0 saturated carbocycles. The van der Waals surface area contributed by atoms with Gasteiger partial charge < -0.3 is 15.2 Å². The predicted octanol–water partition coefficient (Wildman–Crippen LogP) is 1.22. The summed E-state index contributed by atoms with van der Waals surface area (Å²) < 4.78 is 5.22. The highest BCUT2D eigenvalue weighted by Crippen LogP contribution is 2.16. The summed E-state index contributed by atoms with van der Waals surface area (Å²) in [6.07, 6.45) is 0. The molecule has 4 nitrogen and oxygen atoms in total. The summed E-state index contributed by atoms with van der Waals surface area (Å²) in [5.74, 6) is 0.265. The highest BCUT2D eigenvalue weighted by atomic mass is 35.5. The fourth-order valence-corrected chi connectivity index (χ4v) is 1.25. The second-order valence-corrected chi connectivity index (χ2v) is 3.83. The van der Waals surface area contributed by atoms with E-state index in [0.29, 0.717) is 10.8 Å². The van der Waals surface area contributed by atoms with E-state index in [9.17, 15) is 4.79 Å². The Labute approximate surface area is 99.2 Å². The number of rotatable bonds is 5. The van der Waals surface area contributed by atoms with Crippen molar-refractivity contribution in [1.82, 2.24) is 5.32 Å². The highest BCUT2D eigenvalue weighted by Gasteiger charge is 2.06. The number of aliphatic hydroxyl groups excluding tert-OH is 1. The summed E-state index contributed by atoms with van der Waals surface area (Å²) in [5, 5.41) is 11.9. The van der Waals surface area contributed by atoms with E-state index in [1.54, 1.807) is 31.2 Å². The number of benzene rings is 1. The van der Waals surface area contributed by atoms with E-state index in [0.717, 1.165) is 0 Å². The van der Waals surface area contributed by atoms with Crippen molar-refractivity contribution in [1.29, 1.82) is 0 Å². The number of nitrogens with one attached hydrogen (secondary N) is 1. The maximum Gasteiger partial charge on any atom is 0.258 e. The molecular formula is C11H14ClNO3. The van der Waals surface area contributed by atoms with Gasteiger partial charge in [0.05, 0.1) is 6.61 Å². The second kappa shape index (κ2) is 6.35. The van der Waals surface area contributed by atoms with Crippen molar-refractivity contribution in [3.63, 3.8) is 0 Å². The van der Waals surface area contributed by atoms with Crippen molar-refractivity contribution in [3.8, 4) is 5.75 Å². The lowest BCUT2D eigenvalue weighted by atomic mass is 10.3. The van der Waals surface area contributed by atoms with Crippen molar-refractivity contribution >= 4 is 17.5 Å². The molecule has 0 fully saturated rings. The number of halogens is 1. The van der Waals surface area contributed by atoms with Crippen molar-refractivity contribution in [3.05, 3.63) is 29.3 Å². The largest absolute Gasteiger partial charge is 0.484 e. The Kier molecular flexibility index (Phi) is 5.08. The number of carbonyl (C=O) groups is 1. The average molecular weight is 244 g/mol. The van der Waals surface area contributed by atoms with Gasteiger partial charge in [0.25, 0.3) is 5.91 Å². The van der Waals surface area contributed by atoms with Gasteiger partial charge in [-0.1, -0.05) is 17.7 Å². The Bertz CT molecular complexity index is 357.